The van der Waals surface area contributed by atoms with E-state index in [4.69, 9.17) is 0 Å². The van der Waals surface area contributed by atoms with E-state index in [0.29, 0.717) is 12.1 Å². The molecule has 2 aromatic rings. The van der Waals surface area contributed by atoms with Crippen molar-refractivity contribution in [1.82, 2.24) is 19.6 Å². The minimum Gasteiger partial charge on any atom is -0.337 e. The lowest BCUT2D eigenvalue weighted by Gasteiger charge is -2.24. The third kappa shape index (κ3) is 3.07. The van der Waals surface area contributed by atoms with Crippen LogP contribution in [0, 0.1) is 0 Å². The summed E-state index contributed by atoms with van der Waals surface area (Å²) in [6.45, 7) is 1.69. The summed E-state index contributed by atoms with van der Waals surface area (Å²) in [7, 11) is 0. The van der Waals surface area contributed by atoms with Gasteiger partial charge in [-0.05, 0) is 31.4 Å². The molecule has 2 unspecified atom stereocenters. The maximum atomic E-state index is 12.7. The van der Waals surface area contributed by atoms with Gasteiger partial charge in [0.05, 0.1) is 5.56 Å². The van der Waals surface area contributed by atoms with Crippen LogP contribution in [0.15, 0.2) is 30.7 Å². The first-order chi connectivity index (χ1) is 9.79. The molecule has 0 aliphatic carbocycles. The SMILES string of the molecule is Cl.Cl.O=C(c1ccc2nccn2c1)N1CCC2CCC(C1)N2. The maximum absolute atomic E-state index is 12.7. The molecule has 0 spiro atoms. The Bertz CT molecular complexity index is 660. The number of amides is 1. The van der Waals surface area contributed by atoms with Crippen molar-refractivity contribution in [3.05, 3.63) is 36.3 Å². The van der Waals surface area contributed by atoms with Gasteiger partial charge >= 0.3 is 0 Å². The van der Waals surface area contributed by atoms with Crippen molar-refractivity contribution in [2.24, 2.45) is 0 Å². The average Bonchev–Trinajstić information content (AvgIpc) is 3.03. The van der Waals surface area contributed by atoms with Crippen LogP contribution in [0.1, 0.15) is 29.6 Å². The molecule has 4 heterocycles. The van der Waals surface area contributed by atoms with Crippen molar-refractivity contribution in [2.75, 3.05) is 13.1 Å². The van der Waals surface area contributed by atoms with E-state index in [0.717, 1.165) is 30.7 Å². The fourth-order valence-corrected chi connectivity index (χ4v) is 3.36. The molecule has 1 amide bonds. The van der Waals surface area contributed by atoms with Gasteiger partial charge in [0.2, 0.25) is 0 Å². The van der Waals surface area contributed by atoms with Gasteiger partial charge in [0.1, 0.15) is 5.65 Å². The molecule has 2 aromatic heterocycles. The molecule has 2 bridgehead atoms. The van der Waals surface area contributed by atoms with Gasteiger partial charge in [-0.1, -0.05) is 0 Å². The molecule has 2 atom stereocenters. The molecule has 7 heteroatoms. The largest absolute Gasteiger partial charge is 0.337 e. The molecule has 5 nitrogen and oxygen atoms in total. The number of aromatic nitrogens is 2. The number of nitrogens with zero attached hydrogens (tertiary/aromatic N) is 3. The Morgan fingerprint density at radius 3 is 2.86 bits per heavy atom. The first-order valence-corrected chi connectivity index (χ1v) is 7.28. The topological polar surface area (TPSA) is 49.6 Å². The standard InChI is InChI=1S/C15H18N4O.2ClH/c20-15(11-1-4-14-16-6-8-18(14)9-11)19-7-5-12-2-3-13(10-19)17-12;;/h1,4,6,8-9,12-13,17H,2-3,5,7,10H2;2*1H. The minimum atomic E-state index is 0. The van der Waals surface area contributed by atoms with Gasteiger partial charge in [-0.25, -0.2) is 4.98 Å². The summed E-state index contributed by atoms with van der Waals surface area (Å²) >= 11 is 0. The third-order valence-corrected chi connectivity index (χ3v) is 4.45. The maximum Gasteiger partial charge on any atom is 0.255 e. The van der Waals surface area contributed by atoms with E-state index in [9.17, 15) is 4.79 Å². The number of rotatable bonds is 1. The van der Waals surface area contributed by atoms with E-state index in [1.54, 1.807) is 6.20 Å². The lowest BCUT2D eigenvalue weighted by atomic mass is 10.1. The van der Waals surface area contributed by atoms with Crippen LogP contribution in [0.4, 0.5) is 0 Å². The average molecular weight is 343 g/mol. The van der Waals surface area contributed by atoms with Crippen molar-refractivity contribution in [3.63, 3.8) is 0 Å². The number of likely N-dealkylation sites (tertiary alicyclic amines) is 1. The van der Waals surface area contributed by atoms with Crippen LogP contribution >= 0.6 is 24.8 Å². The Hall–Kier alpha value is -1.30. The Balaban J connectivity index is 0.000000882. The second-order valence-corrected chi connectivity index (χ2v) is 5.79. The van der Waals surface area contributed by atoms with E-state index in [2.05, 4.69) is 10.3 Å². The van der Waals surface area contributed by atoms with Gasteiger partial charge in [-0.15, -0.1) is 24.8 Å². The van der Waals surface area contributed by atoms with Crippen molar-refractivity contribution in [2.45, 2.75) is 31.3 Å². The van der Waals surface area contributed by atoms with Crippen molar-refractivity contribution in [3.8, 4) is 0 Å². The molecule has 1 N–H and O–H groups in total. The molecule has 120 valence electrons. The Kier molecular flexibility index (Phi) is 5.32. The number of carbonyl (C=O) groups is 1. The second-order valence-electron chi connectivity index (χ2n) is 5.79. The molecule has 4 rings (SSSR count). The fraction of sp³-hybridized carbons (Fsp3) is 0.467. The zero-order chi connectivity index (χ0) is 13.5. The number of imidazole rings is 1. The van der Waals surface area contributed by atoms with Crippen LogP contribution in [0.2, 0.25) is 0 Å². The summed E-state index contributed by atoms with van der Waals surface area (Å²) in [6, 6.07) is 4.86. The van der Waals surface area contributed by atoms with Crippen LogP contribution < -0.4 is 5.32 Å². The van der Waals surface area contributed by atoms with Gasteiger partial charge in [0, 0.05) is 43.8 Å². The van der Waals surface area contributed by atoms with Gasteiger partial charge in [0.25, 0.3) is 5.91 Å². The zero-order valence-electron chi connectivity index (χ0n) is 12.1. The van der Waals surface area contributed by atoms with Crippen LogP contribution in [0.3, 0.4) is 0 Å². The summed E-state index contributed by atoms with van der Waals surface area (Å²) in [5, 5.41) is 3.61. The number of fused-ring (bicyclic) bond motifs is 3. The number of halogens is 2. The number of hydrogen-bond donors (Lipinski definition) is 1. The number of pyridine rings is 1. The van der Waals surface area contributed by atoms with Crippen LogP contribution in [-0.4, -0.2) is 45.4 Å². The number of hydrogen-bond acceptors (Lipinski definition) is 3. The molecule has 22 heavy (non-hydrogen) atoms. The minimum absolute atomic E-state index is 0. The van der Waals surface area contributed by atoms with Gasteiger partial charge in [-0.2, -0.15) is 0 Å². The molecule has 0 aromatic carbocycles. The highest BCUT2D eigenvalue weighted by Gasteiger charge is 2.31. The Morgan fingerprint density at radius 2 is 2.00 bits per heavy atom. The van der Waals surface area contributed by atoms with E-state index in [-0.39, 0.29) is 30.7 Å². The molecule has 2 fully saturated rings. The molecule has 2 aliphatic heterocycles. The van der Waals surface area contributed by atoms with Gasteiger partial charge in [0.15, 0.2) is 0 Å². The smallest absolute Gasteiger partial charge is 0.255 e. The molecule has 2 aliphatic rings. The third-order valence-electron chi connectivity index (χ3n) is 4.45. The summed E-state index contributed by atoms with van der Waals surface area (Å²) in [4.78, 5) is 18.9. The molecular weight excluding hydrogens is 323 g/mol. The normalized spacial score (nSPS) is 23.5. The summed E-state index contributed by atoms with van der Waals surface area (Å²) in [6.07, 6.45) is 9.01. The quantitative estimate of drug-likeness (QED) is 0.863. The summed E-state index contributed by atoms with van der Waals surface area (Å²) in [5.74, 6) is 0.134. The lowest BCUT2D eigenvalue weighted by molar-refractivity contribution is 0.0747. The monoisotopic (exact) mass is 342 g/mol. The van der Waals surface area contributed by atoms with Crippen molar-refractivity contribution >= 4 is 36.4 Å². The summed E-state index contributed by atoms with van der Waals surface area (Å²) < 4.78 is 1.90. The van der Waals surface area contributed by atoms with Crippen molar-refractivity contribution < 1.29 is 4.79 Å². The highest BCUT2D eigenvalue weighted by Crippen LogP contribution is 2.21. The fourth-order valence-electron chi connectivity index (χ4n) is 3.36. The molecular formula is C15H20Cl2N4O. The van der Waals surface area contributed by atoms with Crippen molar-refractivity contribution in [1.29, 1.82) is 0 Å². The number of carbonyl (C=O) groups excluding carboxylic acids is 1. The Morgan fingerprint density at radius 1 is 1.18 bits per heavy atom. The predicted molar refractivity (Wildman–Crippen MR) is 90.2 cm³/mol. The highest BCUT2D eigenvalue weighted by molar-refractivity contribution is 5.94. The van der Waals surface area contributed by atoms with Gasteiger partial charge < -0.3 is 14.6 Å². The van der Waals surface area contributed by atoms with E-state index in [1.807, 2.05) is 33.8 Å². The first-order valence-electron chi connectivity index (χ1n) is 7.28. The van der Waals surface area contributed by atoms with Crippen LogP contribution in [-0.2, 0) is 0 Å². The van der Waals surface area contributed by atoms with E-state index < -0.39 is 0 Å². The van der Waals surface area contributed by atoms with Crippen LogP contribution in [0.25, 0.3) is 5.65 Å². The molecule has 2 saturated heterocycles. The van der Waals surface area contributed by atoms with Crippen LogP contribution in [0.5, 0.6) is 0 Å². The lowest BCUT2D eigenvalue weighted by Crippen LogP contribution is -2.39. The predicted octanol–water partition coefficient (Wildman–Crippen LogP) is 2.14. The van der Waals surface area contributed by atoms with E-state index >= 15 is 0 Å². The second kappa shape index (κ2) is 6.86. The summed E-state index contributed by atoms with van der Waals surface area (Å²) in [5.41, 5.74) is 1.62. The first kappa shape index (κ1) is 17.1. The molecule has 0 saturated carbocycles. The highest BCUT2D eigenvalue weighted by atomic mass is 35.5. The van der Waals surface area contributed by atoms with E-state index in [1.165, 1.54) is 12.8 Å². The Labute approximate surface area is 141 Å². The number of nitrogens with one attached hydrogen (secondary N) is 1. The van der Waals surface area contributed by atoms with Gasteiger partial charge in [-0.3, -0.25) is 4.79 Å². The zero-order valence-corrected chi connectivity index (χ0v) is 13.8. The molecule has 0 radical (unpaired) electrons.